The Morgan fingerprint density at radius 2 is 2.10 bits per heavy atom. The Balaban J connectivity index is 1.91. The third-order valence-corrected chi connectivity index (χ3v) is 3.37. The first-order chi connectivity index (χ1) is 9.65. The van der Waals surface area contributed by atoms with Crippen molar-refractivity contribution < 1.29 is 9.90 Å². The second kappa shape index (κ2) is 4.97. The summed E-state index contributed by atoms with van der Waals surface area (Å²) in [6.07, 6.45) is -0.278. The number of aromatic nitrogens is 2. The molecule has 0 aliphatic carbocycles. The van der Waals surface area contributed by atoms with Gasteiger partial charge >= 0.3 is 6.03 Å². The van der Waals surface area contributed by atoms with Gasteiger partial charge in [0.05, 0.1) is 5.69 Å². The van der Waals surface area contributed by atoms with Crippen molar-refractivity contribution in [2.24, 2.45) is 7.05 Å². The predicted octanol–water partition coefficient (Wildman–Crippen LogP) is 1.33. The summed E-state index contributed by atoms with van der Waals surface area (Å²) in [6, 6.07) is 11.5. The Morgan fingerprint density at radius 1 is 1.35 bits per heavy atom. The maximum Gasteiger partial charge on any atom is 0.325 e. The van der Waals surface area contributed by atoms with E-state index in [9.17, 15) is 9.90 Å². The summed E-state index contributed by atoms with van der Waals surface area (Å²) in [6.45, 7) is 0.457. The smallest absolute Gasteiger partial charge is 0.325 e. The predicted molar refractivity (Wildman–Crippen MR) is 75.1 cm³/mol. The molecule has 6 heteroatoms. The zero-order valence-corrected chi connectivity index (χ0v) is 11.2. The zero-order chi connectivity index (χ0) is 14.1. The van der Waals surface area contributed by atoms with Gasteiger partial charge in [0.2, 0.25) is 0 Å². The number of carbonyl (C=O) groups excluding carboxylic acids is 1. The molecule has 2 aromatic rings. The van der Waals surface area contributed by atoms with Crippen molar-refractivity contribution in [1.29, 1.82) is 0 Å². The van der Waals surface area contributed by atoms with Crippen LogP contribution in [-0.2, 0) is 7.05 Å². The Labute approximate surface area is 116 Å². The summed E-state index contributed by atoms with van der Waals surface area (Å²) in [5, 5.41) is 16.3. The molecule has 1 aliphatic heterocycles. The molecule has 104 valence electrons. The number of amides is 2. The second-order valence-electron chi connectivity index (χ2n) is 4.78. The van der Waals surface area contributed by atoms with Gasteiger partial charge in [0.15, 0.2) is 5.82 Å². The van der Waals surface area contributed by atoms with E-state index in [4.69, 9.17) is 0 Å². The van der Waals surface area contributed by atoms with E-state index in [1.165, 1.54) is 0 Å². The molecule has 1 fully saturated rings. The van der Waals surface area contributed by atoms with E-state index < -0.39 is 6.23 Å². The van der Waals surface area contributed by atoms with Gasteiger partial charge < -0.3 is 10.4 Å². The number of nitrogens with zero attached hydrogens (tertiary/aromatic N) is 3. The minimum Gasteiger partial charge on any atom is -0.374 e. The van der Waals surface area contributed by atoms with Crippen LogP contribution in [0, 0.1) is 0 Å². The van der Waals surface area contributed by atoms with Gasteiger partial charge in [-0.25, -0.2) is 4.79 Å². The number of rotatable bonds is 2. The van der Waals surface area contributed by atoms with E-state index in [-0.39, 0.29) is 6.03 Å². The van der Waals surface area contributed by atoms with Gasteiger partial charge in [-0.3, -0.25) is 9.58 Å². The van der Waals surface area contributed by atoms with E-state index in [0.29, 0.717) is 18.8 Å². The first kappa shape index (κ1) is 12.7. The fourth-order valence-electron chi connectivity index (χ4n) is 2.33. The molecule has 1 atom stereocenters. The molecule has 20 heavy (non-hydrogen) atoms. The first-order valence-electron chi connectivity index (χ1n) is 6.51. The highest BCUT2D eigenvalue weighted by molar-refractivity contribution is 5.92. The van der Waals surface area contributed by atoms with Gasteiger partial charge in [-0.1, -0.05) is 30.3 Å². The van der Waals surface area contributed by atoms with Gasteiger partial charge in [0.25, 0.3) is 0 Å². The fraction of sp³-hybridized carbons (Fsp3) is 0.286. The van der Waals surface area contributed by atoms with Crippen molar-refractivity contribution in [3.05, 3.63) is 36.4 Å². The van der Waals surface area contributed by atoms with Gasteiger partial charge in [0, 0.05) is 26.1 Å². The maximum absolute atomic E-state index is 11.9. The van der Waals surface area contributed by atoms with Crippen LogP contribution in [0.3, 0.4) is 0 Å². The van der Waals surface area contributed by atoms with Crippen LogP contribution in [0.4, 0.5) is 10.6 Å². The molecular formula is C14H16N4O2. The Bertz CT molecular complexity index is 623. The van der Waals surface area contributed by atoms with E-state index in [2.05, 4.69) is 10.4 Å². The molecule has 2 amide bonds. The first-order valence-corrected chi connectivity index (χ1v) is 6.51. The molecule has 0 spiro atoms. The molecule has 1 saturated heterocycles. The molecule has 1 unspecified atom stereocenters. The molecule has 6 nitrogen and oxygen atoms in total. The van der Waals surface area contributed by atoms with Crippen molar-refractivity contribution in [1.82, 2.24) is 15.1 Å². The summed E-state index contributed by atoms with van der Waals surface area (Å²) in [4.78, 5) is 13.4. The summed E-state index contributed by atoms with van der Waals surface area (Å²) < 4.78 is 1.75. The fourth-order valence-corrected chi connectivity index (χ4v) is 2.33. The summed E-state index contributed by atoms with van der Waals surface area (Å²) in [7, 11) is 1.85. The third kappa shape index (κ3) is 2.25. The van der Waals surface area contributed by atoms with Crippen LogP contribution in [0.5, 0.6) is 0 Å². The van der Waals surface area contributed by atoms with Crippen LogP contribution in [-0.4, -0.2) is 33.7 Å². The van der Waals surface area contributed by atoms with Crippen LogP contribution in [0.15, 0.2) is 36.4 Å². The van der Waals surface area contributed by atoms with Crippen LogP contribution in [0.25, 0.3) is 11.3 Å². The molecule has 3 rings (SSSR count). The number of urea groups is 1. The molecule has 0 saturated carbocycles. The van der Waals surface area contributed by atoms with Gasteiger partial charge in [0.1, 0.15) is 6.23 Å². The Hall–Kier alpha value is -2.34. The SMILES string of the molecule is Cn1nc(N2CCC(O)NC2=O)cc1-c1ccccc1. The Morgan fingerprint density at radius 3 is 2.80 bits per heavy atom. The van der Waals surface area contributed by atoms with Crippen LogP contribution in [0.2, 0.25) is 0 Å². The van der Waals surface area contributed by atoms with Crippen LogP contribution in [0.1, 0.15) is 6.42 Å². The minimum atomic E-state index is -0.768. The van der Waals surface area contributed by atoms with Gasteiger partial charge in [-0.2, -0.15) is 5.10 Å². The highest BCUT2D eigenvalue weighted by atomic mass is 16.3. The summed E-state index contributed by atoms with van der Waals surface area (Å²) in [5.74, 6) is 0.593. The number of aliphatic hydroxyl groups is 1. The lowest BCUT2D eigenvalue weighted by molar-refractivity contribution is 0.125. The molecule has 0 bridgehead atoms. The van der Waals surface area contributed by atoms with Gasteiger partial charge in [-0.05, 0) is 5.56 Å². The average molecular weight is 272 g/mol. The van der Waals surface area contributed by atoms with E-state index >= 15 is 0 Å². The molecule has 1 aromatic heterocycles. The Kier molecular flexibility index (Phi) is 3.15. The number of anilines is 1. The summed E-state index contributed by atoms with van der Waals surface area (Å²) >= 11 is 0. The van der Waals surface area contributed by atoms with Crippen LogP contribution < -0.4 is 10.2 Å². The van der Waals surface area contributed by atoms with Crippen LogP contribution >= 0.6 is 0 Å². The lowest BCUT2D eigenvalue weighted by atomic mass is 10.1. The van der Waals surface area contributed by atoms with Gasteiger partial charge in [-0.15, -0.1) is 0 Å². The lowest BCUT2D eigenvalue weighted by Gasteiger charge is -2.28. The average Bonchev–Trinajstić information content (AvgIpc) is 2.81. The molecule has 2 N–H and O–H groups in total. The molecular weight excluding hydrogens is 256 g/mol. The normalized spacial score (nSPS) is 19.0. The van der Waals surface area contributed by atoms with E-state index in [1.807, 2.05) is 43.4 Å². The monoisotopic (exact) mass is 272 g/mol. The number of carbonyl (C=O) groups is 1. The standard InChI is InChI=1S/C14H16N4O2/c1-17-11(10-5-3-2-4-6-10)9-12(16-17)18-8-7-13(19)15-14(18)20/h2-6,9,13,19H,7-8H2,1H3,(H,15,20). The minimum absolute atomic E-state index is 0.318. The largest absolute Gasteiger partial charge is 0.374 e. The number of aliphatic hydroxyl groups excluding tert-OH is 1. The van der Waals surface area contributed by atoms with E-state index in [1.54, 1.807) is 9.58 Å². The number of aryl methyl sites for hydroxylation is 1. The molecule has 1 aliphatic rings. The maximum atomic E-state index is 11.9. The van der Waals surface area contributed by atoms with Crippen molar-refractivity contribution >= 4 is 11.8 Å². The van der Waals surface area contributed by atoms with Crippen molar-refractivity contribution in [2.75, 3.05) is 11.4 Å². The van der Waals surface area contributed by atoms with Crippen molar-refractivity contribution in [3.63, 3.8) is 0 Å². The molecule has 0 radical (unpaired) electrons. The number of hydrogen-bond acceptors (Lipinski definition) is 3. The third-order valence-electron chi connectivity index (χ3n) is 3.37. The summed E-state index contributed by atoms with van der Waals surface area (Å²) in [5.41, 5.74) is 1.99. The zero-order valence-electron chi connectivity index (χ0n) is 11.2. The topological polar surface area (TPSA) is 70.4 Å². The van der Waals surface area contributed by atoms with Crippen molar-refractivity contribution in [3.8, 4) is 11.3 Å². The number of hydrogen-bond donors (Lipinski definition) is 2. The lowest BCUT2D eigenvalue weighted by Crippen LogP contribution is -2.52. The molecule has 2 heterocycles. The highest BCUT2D eigenvalue weighted by Gasteiger charge is 2.26. The molecule has 1 aromatic carbocycles. The number of nitrogens with one attached hydrogen (secondary N) is 1. The van der Waals surface area contributed by atoms with Crippen molar-refractivity contribution in [2.45, 2.75) is 12.6 Å². The second-order valence-corrected chi connectivity index (χ2v) is 4.78. The number of benzene rings is 1. The highest BCUT2D eigenvalue weighted by Crippen LogP contribution is 2.24. The quantitative estimate of drug-likeness (QED) is 0.866. The van der Waals surface area contributed by atoms with E-state index in [0.717, 1.165) is 11.3 Å².